The standard InChI is InChI=1S/C21H26N2O6/c1-22(2)16-7-4-15(21(26)27-3)11-23(12-16)19(24)13-28-17-8-5-14-6-9-20(25)29-18(14)10-17/h5-6,8-10,15-16H,4,7,11-13H2,1-3H3/t15-,16+/m0/s1. The Labute approximate surface area is 169 Å². The van der Waals surface area contributed by atoms with E-state index in [0.29, 0.717) is 30.8 Å². The van der Waals surface area contributed by atoms with Gasteiger partial charge in [-0.25, -0.2) is 4.79 Å². The third-order valence-corrected chi connectivity index (χ3v) is 5.29. The lowest BCUT2D eigenvalue weighted by atomic mass is 10.0. The Morgan fingerprint density at radius 2 is 1.93 bits per heavy atom. The second kappa shape index (κ2) is 9.09. The number of rotatable bonds is 5. The van der Waals surface area contributed by atoms with Crippen molar-refractivity contribution in [1.82, 2.24) is 9.80 Å². The molecule has 8 nitrogen and oxygen atoms in total. The van der Waals surface area contributed by atoms with Crippen LogP contribution in [-0.2, 0) is 14.3 Å². The maximum Gasteiger partial charge on any atom is 0.336 e. The summed E-state index contributed by atoms with van der Waals surface area (Å²) >= 11 is 0. The van der Waals surface area contributed by atoms with Crippen molar-refractivity contribution in [2.24, 2.45) is 5.92 Å². The average molecular weight is 402 g/mol. The number of esters is 1. The fourth-order valence-electron chi connectivity index (χ4n) is 3.52. The zero-order chi connectivity index (χ0) is 21.0. The predicted molar refractivity (Wildman–Crippen MR) is 107 cm³/mol. The minimum absolute atomic E-state index is 0.156. The molecule has 1 saturated heterocycles. The topological polar surface area (TPSA) is 89.3 Å². The highest BCUT2D eigenvalue weighted by atomic mass is 16.5. The Hall–Kier alpha value is -2.87. The van der Waals surface area contributed by atoms with Crippen LogP contribution in [-0.4, -0.2) is 68.6 Å². The summed E-state index contributed by atoms with van der Waals surface area (Å²) in [4.78, 5) is 40.0. The van der Waals surface area contributed by atoms with E-state index in [1.807, 2.05) is 14.1 Å². The van der Waals surface area contributed by atoms with Crippen LogP contribution in [0.4, 0.5) is 0 Å². The number of likely N-dealkylation sites (tertiary alicyclic amines) is 1. The summed E-state index contributed by atoms with van der Waals surface area (Å²) in [5.74, 6) is -0.414. The first-order valence-corrected chi connectivity index (χ1v) is 9.56. The molecule has 1 aliphatic rings. The molecule has 1 amide bonds. The van der Waals surface area contributed by atoms with Crippen LogP contribution in [0.15, 0.2) is 39.5 Å². The van der Waals surface area contributed by atoms with Crippen LogP contribution in [0.1, 0.15) is 12.8 Å². The second-order valence-electron chi connectivity index (χ2n) is 7.46. The molecule has 0 saturated carbocycles. The molecule has 1 aromatic heterocycles. The third kappa shape index (κ3) is 5.14. The molecule has 1 aliphatic heterocycles. The van der Waals surface area contributed by atoms with Gasteiger partial charge in [0.15, 0.2) is 6.61 Å². The molecule has 29 heavy (non-hydrogen) atoms. The lowest BCUT2D eigenvalue weighted by molar-refractivity contribution is -0.147. The Balaban J connectivity index is 1.70. The average Bonchev–Trinajstić information content (AvgIpc) is 2.94. The fraction of sp³-hybridized carbons (Fsp3) is 0.476. The molecule has 3 rings (SSSR count). The number of nitrogens with zero attached hydrogens (tertiary/aromatic N) is 2. The Kier molecular flexibility index (Phi) is 6.53. The number of amides is 1. The number of ether oxygens (including phenoxy) is 2. The van der Waals surface area contributed by atoms with Gasteiger partial charge in [0.25, 0.3) is 5.91 Å². The number of benzene rings is 1. The smallest absolute Gasteiger partial charge is 0.336 e. The maximum atomic E-state index is 12.8. The molecule has 8 heteroatoms. The van der Waals surface area contributed by atoms with E-state index in [1.54, 1.807) is 29.2 Å². The summed E-state index contributed by atoms with van der Waals surface area (Å²) < 4.78 is 15.7. The second-order valence-corrected chi connectivity index (χ2v) is 7.46. The van der Waals surface area contributed by atoms with Crippen molar-refractivity contribution in [1.29, 1.82) is 0 Å². The zero-order valence-corrected chi connectivity index (χ0v) is 16.9. The minimum atomic E-state index is -0.445. The highest BCUT2D eigenvalue weighted by Gasteiger charge is 2.32. The molecule has 2 heterocycles. The van der Waals surface area contributed by atoms with Gasteiger partial charge in [-0.15, -0.1) is 0 Å². The number of carbonyl (C=O) groups excluding carboxylic acids is 2. The van der Waals surface area contributed by atoms with Crippen molar-refractivity contribution in [2.45, 2.75) is 18.9 Å². The van der Waals surface area contributed by atoms with Gasteiger partial charge in [-0.3, -0.25) is 9.59 Å². The summed E-state index contributed by atoms with van der Waals surface area (Å²) in [7, 11) is 5.29. The first kappa shape index (κ1) is 20.9. The normalized spacial score (nSPS) is 19.8. The summed E-state index contributed by atoms with van der Waals surface area (Å²) in [5, 5.41) is 0.769. The van der Waals surface area contributed by atoms with Gasteiger partial charge in [0, 0.05) is 36.7 Å². The first-order valence-electron chi connectivity index (χ1n) is 9.56. The highest BCUT2D eigenvalue weighted by molar-refractivity contribution is 5.80. The van der Waals surface area contributed by atoms with Gasteiger partial charge in [0.2, 0.25) is 0 Å². The van der Waals surface area contributed by atoms with Crippen molar-refractivity contribution in [3.63, 3.8) is 0 Å². The zero-order valence-electron chi connectivity index (χ0n) is 16.9. The molecule has 0 N–H and O–H groups in total. The van der Waals surface area contributed by atoms with E-state index < -0.39 is 5.63 Å². The quantitative estimate of drug-likeness (QED) is 0.553. The molecule has 0 unspecified atom stereocenters. The van der Waals surface area contributed by atoms with Gasteiger partial charge in [0.1, 0.15) is 11.3 Å². The van der Waals surface area contributed by atoms with Gasteiger partial charge >= 0.3 is 11.6 Å². The number of likely N-dealkylation sites (N-methyl/N-ethyl adjacent to an activating group) is 1. The molecule has 0 radical (unpaired) electrons. The van der Waals surface area contributed by atoms with Crippen LogP contribution in [0.5, 0.6) is 5.75 Å². The van der Waals surface area contributed by atoms with Gasteiger partial charge in [0.05, 0.1) is 13.0 Å². The van der Waals surface area contributed by atoms with Crippen LogP contribution >= 0.6 is 0 Å². The molecule has 2 aromatic rings. The number of carbonyl (C=O) groups is 2. The fourth-order valence-corrected chi connectivity index (χ4v) is 3.52. The molecule has 1 fully saturated rings. The highest BCUT2D eigenvalue weighted by Crippen LogP contribution is 2.22. The van der Waals surface area contributed by atoms with Gasteiger partial charge < -0.3 is 23.7 Å². The predicted octanol–water partition coefficient (Wildman–Crippen LogP) is 1.51. The van der Waals surface area contributed by atoms with E-state index in [1.165, 1.54) is 13.2 Å². The molecule has 0 aliphatic carbocycles. The van der Waals surface area contributed by atoms with E-state index in [4.69, 9.17) is 13.9 Å². The largest absolute Gasteiger partial charge is 0.484 e. The molecule has 1 aromatic carbocycles. The van der Waals surface area contributed by atoms with Crippen LogP contribution in [0.25, 0.3) is 11.0 Å². The Bertz CT molecular complexity index is 938. The molecule has 2 atom stereocenters. The summed E-state index contributed by atoms with van der Waals surface area (Å²) in [6.07, 6.45) is 1.48. The van der Waals surface area contributed by atoms with Gasteiger partial charge in [-0.05, 0) is 45.1 Å². The van der Waals surface area contributed by atoms with E-state index in [2.05, 4.69) is 4.90 Å². The minimum Gasteiger partial charge on any atom is -0.484 e. The van der Waals surface area contributed by atoms with E-state index >= 15 is 0 Å². The lowest BCUT2D eigenvalue weighted by Gasteiger charge is -2.28. The van der Waals surface area contributed by atoms with Crippen molar-refractivity contribution in [3.8, 4) is 5.75 Å². The monoisotopic (exact) mass is 402 g/mol. The van der Waals surface area contributed by atoms with Gasteiger partial charge in [-0.1, -0.05) is 0 Å². The van der Waals surface area contributed by atoms with Crippen LogP contribution in [0, 0.1) is 5.92 Å². The summed E-state index contributed by atoms with van der Waals surface area (Å²) in [6.45, 7) is 0.664. The van der Waals surface area contributed by atoms with Crippen LogP contribution in [0.2, 0.25) is 0 Å². The Morgan fingerprint density at radius 1 is 1.17 bits per heavy atom. The maximum absolute atomic E-state index is 12.8. The first-order chi connectivity index (χ1) is 13.9. The molecular formula is C21H26N2O6. The van der Waals surface area contributed by atoms with E-state index in [9.17, 15) is 14.4 Å². The number of hydrogen-bond acceptors (Lipinski definition) is 7. The lowest BCUT2D eigenvalue weighted by Crippen LogP contribution is -2.45. The van der Waals surface area contributed by atoms with E-state index in [0.717, 1.165) is 11.8 Å². The molecule has 0 spiro atoms. The number of methoxy groups -OCH3 is 1. The van der Waals surface area contributed by atoms with Crippen molar-refractivity contribution < 1.29 is 23.5 Å². The Morgan fingerprint density at radius 3 is 2.66 bits per heavy atom. The molecule has 156 valence electrons. The third-order valence-electron chi connectivity index (χ3n) is 5.29. The van der Waals surface area contributed by atoms with Crippen LogP contribution < -0.4 is 10.4 Å². The van der Waals surface area contributed by atoms with Gasteiger partial charge in [-0.2, -0.15) is 0 Å². The van der Waals surface area contributed by atoms with Crippen molar-refractivity contribution in [2.75, 3.05) is 40.9 Å². The van der Waals surface area contributed by atoms with Crippen molar-refractivity contribution >= 4 is 22.8 Å². The number of fused-ring (bicyclic) bond motifs is 1. The summed E-state index contributed by atoms with van der Waals surface area (Å²) in [6, 6.07) is 8.25. The summed E-state index contributed by atoms with van der Waals surface area (Å²) in [5.41, 5.74) is -0.0467. The molecule has 0 bridgehead atoms. The van der Waals surface area contributed by atoms with Crippen LogP contribution in [0.3, 0.4) is 0 Å². The van der Waals surface area contributed by atoms with Crippen molar-refractivity contribution in [3.05, 3.63) is 40.8 Å². The number of hydrogen-bond donors (Lipinski definition) is 0. The molecular weight excluding hydrogens is 376 g/mol. The van der Waals surface area contributed by atoms with E-state index in [-0.39, 0.29) is 30.4 Å². The SMILES string of the molecule is COC(=O)[C@H]1CC[C@@H](N(C)C)CN(C(=O)COc2ccc3ccc(=O)oc3c2)C1.